The lowest BCUT2D eigenvalue weighted by atomic mass is 9.82. The van der Waals surface area contributed by atoms with Gasteiger partial charge in [-0.1, -0.05) is 26.8 Å². The predicted molar refractivity (Wildman–Crippen MR) is 50.0 cm³/mol. The molecule has 2 heteroatoms. The van der Waals surface area contributed by atoms with Crippen molar-refractivity contribution in [3.8, 4) is 0 Å². The molecule has 1 unspecified atom stereocenters. The number of hydrogen-bond donors (Lipinski definition) is 1. The third-order valence-corrected chi connectivity index (χ3v) is 2.17. The Bertz CT molecular complexity index is 171. The van der Waals surface area contributed by atoms with Gasteiger partial charge in [-0.25, -0.2) is 0 Å². The first-order chi connectivity index (χ1) is 5.43. The van der Waals surface area contributed by atoms with Gasteiger partial charge in [-0.2, -0.15) is 0 Å². The molecule has 0 radical (unpaired) electrons. The van der Waals surface area contributed by atoms with Crippen LogP contribution in [0.5, 0.6) is 0 Å². The molecule has 0 aromatic heterocycles. The summed E-state index contributed by atoms with van der Waals surface area (Å²) in [5.41, 5.74) is -0.0704. The summed E-state index contributed by atoms with van der Waals surface area (Å²) in [6.07, 6.45) is 3.17. The summed E-state index contributed by atoms with van der Waals surface area (Å²) in [5.74, 6) is -0.939. The lowest BCUT2D eigenvalue weighted by Gasteiger charge is -2.23. The van der Waals surface area contributed by atoms with Crippen molar-refractivity contribution in [2.45, 2.75) is 33.6 Å². The van der Waals surface area contributed by atoms with Gasteiger partial charge >= 0.3 is 5.97 Å². The van der Waals surface area contributed by atoms with Crippen LogP contribution in [-0.2, 0) is 4.79 Å². The summed E-state index contributed by atoms with van der Waals surface area (Å²) >= 11 is 0. The average molecular weight is 170 g/mol. The lowest BCUT2D eigenvalue weighted by molar-refractivity contribution is -0.142. The zero-order valence-electron chi connectivity index (χ0n) is 8.13. The normalized spacial score (nSPS) is 13.9. The standard InChI is InChI=1S/C10H18O2/c1-5-8(9(11)12)7-10(3,4)6-2/h6,8H,2,5,7H2,1,3-4H3,(H,11,12). The molecule has 12 heavy (non-hydrogen) atoms. The molecule has 1 N–H and O–H groups in total. The molecule has 0 rings (SSSR count). The van der Waals surface area contributed by atoms with Gasteiger partial charge in [0.25, 0.3) is 0 Å². The smallest absolute Gasteiger partial charge is 0.306 e. The Labute approximate surface area is 74.3 Å². The lowest BCUT2D eigenvalue weighted by Crippen LogP contribution is -2.20. The van der Waals surface area contributed by atoms with Crippen molar-refractivity contribution in [1.82, 2.24) is 0 Å². The largest absolute Gasteiger partial charge is 0.481 e. The molecule has 0 saturated carbocycles. The maximum Gasteiger partial charge on any atom is 0.306 e. The van der Waals surface area contributed by atoms with Crippen LogP contribution in [0.3, 0.4) is 0 Å². The first-order valence-corrected chi connectivity index (χ1v) is 4.29. The van der Waals surface area contributed by atoms with Crippen LogP contribution in [0.25, 0.3) is 0 Å². The van der Waals surface area contributed by atoms with Gasteiger partial charge in [0.1, 0.15) is 0 Å². The summed E-state index contributed by atoms with van der Waals surface area (Å²) in [6.45, 7) is 9.60. The van der Waals surface area contributed by atoms with Gasteiger partial charge in [0.05, 0.1) is 5.92 Å². The Balaban J connectivity index is 4.20. The van der Waals surface area contributed by atoms with Crippen LogP contribution < -0.4 is 0 Å². The van der Waals surface area contributed by atoms with Crippen LogP contribution in [0, 0.1) is 11.3 Å². The Morgan fingerprint density at radius 1 is 1.67 bits per heavy atom. The van der Waals surface area contributed by atoms with E-state index in [0.717, 1.165) is 0 Å². The van der Waals surface area contributed by atoms with E-state index in [4.69, 9.17) is 5.11 Å². The van der Waals surface area contributed by atoms with Gasteiger partial charge < -0.3 is 5.11 Å². The van der Waals surface area contributed by atoms with Crippen molar-refractivity contribution < 1.29 is 9.90 Å². The maximum absolute atomic E-state index is 10.7. The van der Waals surface area contributed by atoms with Crippen LogP contribution in [0.4, 0.5) is 0 Å². The molecule has 0 aliphatic heterocycles. The Hall–Kier alpha value is -0.790. The van der Waals surface area contributed by atoms with E-state index in [-0.39, 0.29) is 11.3 Å². The second-order valence-corrected chi connectivity index (χ2v) is 3.84. The topological polar surface area (TPSA) is 37.3 Å². The highest BCUT2D eigenvalue weighted by Gasteiger charge is 2.23. The van der Waals surface area contributed by atoms with E-state index in [1.165, 1.54) is 0 Å². The van der Waals surface area contributed by atoms with Crippen molar-refractivity contribution in [2.75, 3.05) is 0 Å². The van der Waals surface area contributed by atoms with Crippen LogP contribution in [0.15, 0.2) is 12.7 Å². The van der Waals surface area contributed by atoms with Crippen molar-refractivity contribution in [1.29, 1.82) is 0 Å². The molecule has 0 bridgehead atoms. The van der Waals surface area contributed by atoms with Gasteiger partial charge in [0.15, 0.2) is 0 Å². The van der Waals surface area contributed by atoms with E-state index in [0.29, 0.717) is 12.8 Å². The molecule has 0 saturated heterocycles. The van der Waals surface area contributed by atoms with Crippen LogP contribution in [0.2, 0.25) is 0 Å². The highest BCUT2D eigenvalue weighted by Crippen LogP contribution is 2.27. The maximum atomic E-state index is 10.7. The molecule has 2 nitrogen and oxygen atoms in total. The molecule has 70 valence electrons. The fourth-order valence-electron chi connectivity index (χ4n) is 1.12. The zero-order chi connectivity index (χ0) is 9.78. The molecular weight excluding hydrogens is 152 g/mol. The molecule has 0 spiro atoms. The molecule has 1 atom stereocenters. The first-order valence-electron chi connectivity index (χ1n) is 4.29. The van der Waals surface area contributed by atoms with Gasteiger partial charge in [-0.3, -0.25) is 4.79 Å². The number of carboxylic acid groups (broad SMARTS) is 1. The summed E-state index contributed by atoms with van der Waals surface area (Å²) in [4.78, 5) is 10.7. The molecule has 0 heterocycles. The van der Waals surface area contributed by atoms with Crippen LogP contribution >= 0.6 is 0 Å². The number of carboxylic acids is 1. The van der Waals surface area contributed by atoms with E-state index < -0.39 is 5.97 Å². The van der Waals surface area contributed by atoms with Gasteiger partial charge in [-0.15, -0.1) is 6.58 Å². The van der Waals surface area contributed by atoms with Crippen molar-refractivity contribution in [3.05, 3.63) is 12.7 Å². The minimum atomic E-state index is -0.701. The van der Waals surface area contributed by atoms with Crippen molar-refractivity contribution in [3.63, 3.8) is 0 Å². The van der Waals surface area contributed by atoms with Gasteiger partial charge in [-0.05, 0) is 18.3 Å². The number of hydrogen-bond acceptors (Lipinski definition) is 1. The van der Waals surface area contributed by atoms with Crippen LogP contribution in [-0.4, -0.2) is 11.1 Å². The Kier molecular flexibility index (Phi) is 4.01. The highest BCUT2D eigenvalue weighted by atomic mass is 16.4. The summed E-state index contributed by atoms with van der Waals surface area (Å²) in [7, 11) is 0. The van der Waals surface area contributed by atoms with E-state index in [9.17, 15) is 4.79 Å². The van der Waals surface area contributed by atoms with Crippen molar-refractivity contribution in [2.24, 2.45) is 11.3 Å². The van der Waals surface area contributed by atoms with Gasteiger partial charge in [0, 0.05) is 0 Å². The van der Waals surface area contributed by atoms with Gasteiger partial charge in [0.2, 0.25) is 0 Å². The fraction of sp³-hybridized carbons (Fsp3) is 0.700. The molecule has 0 aromatic carbocycles. The minimum Gasteiger partial charge on any atom is -0.481 e. The summed E-state index contributed by atoms with van der Waals surface area (Å²) in [6, 6.07) is 0. The molecule has 0 fully saturated rings. The molecule has 0 amide bonds. The average Bonchev–Trinajstić information content (AvgIpc) is 2.00. The Morgan fingerprint density at radius 3 is 2.42 bits per heavy atom. The number of rotatable bonds is 5. The van der Waals surface area contributed by atoms with E-state index >= 15 is 0 Å². The SMILES string of the molecule is C=CC(C)(C)CC(CC)C(=O)O. The predicted octanol–water partition coefficient (Wildman–Crippen LogP) is 2.70. The zero-order valence-corrected chi connectivity index (χ0v) is 8.13. The number of carbonyl (C=O) groups is 1. The molecule has 0 aliphatic rings. The number of allylic oxidation sites excluding steroid dienone is 1. The molecule has 0 aliphatic carbocycles. The first kappa shape index (κ1) is 11.2. The minimum absolute atomic E-state index is 0.0704. The highest BCUT2D eigenvalue weighted by molar-refractivity contribution is 5.69. The molecular formula is C10H18O2. The van der Waals surface area contributed by atoms with E-state index in [1.54, 1.807) is 0 Å². The number of aliphatic carboxylic acids is 1. The third-order valence-electron chi connectivity index (χ3n) is 2.17. The quantitative estimate of drug-likeness (QED) is 0.644. The molecule has 0 aromatic rings. The summed E-state index contributed by atoms with van der Waals surface area (Å²) in [5, 5.41) is 8.80. The fourth-order valence-corrected chi connectivity index (χ4v) is 1.12. The second-order valence-electron chi connectivity index (χ2n) is 3.84. The third kappa shape index (κ3) is 3.56. The summed E-state index contributed by atoms with van der Waals surface area (Å²) < 4.78 is 0. The second kappa shape index (κ2) is 4.29. The van der Waals surface area contributed by atoms with Crippen molar-refractivity contribution >= 4 is 5.97 Å². The Morgan fingerprint density at radius 2 is 2.17 bits per heavy atom. The van der Waals surface area contributed by atoms with E-state index in [1.807, 2.05) is 26.8 Å². The van der Waals surface area contributed by atoms with Crippen LogP contribution in [0.1, 0.15) is 33.6 Å². The van der Waals surface area contributed by atoms with E-state index in [2.05, 4.69) is 6.58 Å². The monoisotopic (exact) mass is 170 g/mol.